The average molecular weight is 232 g/mol. The second kappa shape index (κ2) is 4.16. The van der Waals surface area contributed by atoms with Crippen LogP contribution in [0, 0.1) is 6.92 Å². The topological polar surface area (TPSA) is 77.8 Å². The fourth-order valence-electron chi connectivity index (χ4n) is 0.968. The Morgan fingerprint density at radius 1 is 1.23 bits per heavy atom. The summed E-state index contributed by atoms with van der Waals surface area (Å²) >= 11 is 0. The molecule has 13 heavy (non-hydrogen) atoms. The number of hydrogen-bond donors (Lipinski definition) is 3. The zero-order chi connectivity index (χ0) is 9.30. The van der Waals surface area contributed by atoms with Gasteiger partial charge in [-0.3, -0.25) is 0 Å². The van der Waals surface area contributed by atoms with Gasteiger partial charge in [0.05, 0.1) is 0 Å². The minimum atomic E-state index is -1.34. The first kappa shape index (κ1) is 11.8. The van der Waals surface area contributed by atoms with Gasteiger partial charge in [0.1, 0.15) is 17.1 Å². The van der Waals surface area contributed by atoms with E-state index in [4.69, 9.17) is 15.3 Å². The molecule has 0 fully saturated rings. The Morgan fingerprint density at radius 2 is 1.62 bits per heavy atom. The Morgan fingerprint density at radius 3 is 1.92 bits per heavy atom. The first-order valence-corrected chi connectivity index (χ1v) is 3.28. The Labute approximate surface area is 85.3 Å². The van der Waals surface area contributed by atoms with Gasteiger partial charge in [0, 0.05) is 17.1 Å². The normalized spacial score (nSPS) is 9.00. The van der Waals surface area contributed by atoms with Crippen LogP contribution in [0.2, 0.25) is 0 Å². The first-order valence-electron chi connectivity index (χ1n) is 3.28. The van der Waals surface area contributed by atoms with E-state index >= 15 is 0 Å². The molecule has 0 aliphatic rings. The van der Waals surface area contributed by atoms with Crippen molar-refractivity contribution in [3.8, 4) is 11.5 Å². The van der Waals surface area contributed by atoms with Crippen LogP contribution in [0.1, 0.15) is 15.9 Å². The van der Waals surface area contributed by atoms with Gasteiger partial charge in [0.15, 0.2) is 0 Å². The van der Waals surface area contributed by atoms with Crippen LogP contribution in [-0.2, 0) is 17.1 Å². The van der Waals surface area contributed by atoms with E-state index in [-0.39, 0.29) is 17.1 Å². The monoisotopic (exact) mass is 231 g/mol. The Kier molecular flexibility index (Phi) is 3.78. The maximum atomic E-state index is 10.4. The maximum Gasteiger partial charge on any atom is 0.343 e. The van der Waals surface area contributed by atoms with E-state index in [9.17, 15) is 4.79 Å². The number of aromatic hydroxyl groups is 2. The Bertz CT molecular complexity index is 312. The number of aryl methyl sites for hydroxylation is 1. The predicted molar refractivity (Wildman–Crippen MR) is 41.5 cm³/mol. The summed E-state index contributed by atoms with van der Waals surface area (Å²) in [7, 11) is 0. The molecule has 0 atom stereocenters. The van der Waals surface area contributed by atoms with Gasteiger partial charge in [-0.25, -0.2) is 4.79 Å². The minimum Gasteiger partial charge on any atom is -0.507 e. The molecule has 0 aromatic heterocycles. The van der Waals surface area contributed by atoms with E-state index in [2.05, 4.69) is 0 Å². The molecule has 0 spiro atoms. The molecule has 1 rings (SSSR count). The van der Waals surface area contributed by atoms with Crippen LogP contribution in [0.25, 0.3) is 0 Å². The third kappa shape index (κ3) is 2.37. The van der Waals surface area contributed by atoms with E-state index < -0.39 is 23.0 Å². The van der Waals surface area contributed by atoms with Crippen LogP contribution in [0.3, 0.4) is 0 Å². The molecule has 4 nitrogen and oxygen atoms in total. The summed E-state index contributed by atoms with van der Waals surface area (Å²) in [5.41, 5.74) is 0.149. The van der Waals surface area contributed by atoms with E-state index in [1.54, 1.807) is 6.92 Å². The molecule has 0 saturated carbocycles. The molecule has 0 bridgehead atoms. The number of carboxylic acids is 1. The molecule has 0 saturated heterocycles. The largest absolute Gasteiger partial charge is 0.507 e. The van der Waals surface area contributed by atoms with Crippen molar-refractivity contribution < 1.29 is 37.2 Å². The first-order chi connectivity index (χ1) is 5.52. The summed E-state index contributed by atoms with van der Waals surface area (Å²) in [4.78, 5) is 10.4. The van der Waals surface area contributed by atoms with E-state index in [1.807, 2.05) is 0 Å². The summed E-state index contributed by atoms with van der Waals surface area (Å²) in [5.74, 6) is -2.18. The minimum absolute atomic E-state index is 0. The van der Waals surface area contributed by atoms with Crippen LogP contribution in [-0.4, -0.2) is 21.3 Å². The van der Waals surface area contributed by atoms with Crippen molar-refractivity contribution in [2.45, 2.75) is 6.92 Å². The second-order valence-electron chi connectivity index (χ2n) is 2.48. The van der Waals surface area contributed by atoms with Crippen LogP contribution < -0.4 is 0 Å². The van der Waals surface area contributed by atoms with Crippen molar-refractivity contribution in [1.82, 2.24) is 0 Å². The van der Waals surface area contributed by atoms with Crippen LogP contribution in [0.4, 0.5) is 0 Å². The third-order valence-corrected chi connectivity index (χ3v) is 1.45. The molecule has 0 heterocycles. The van der Waals surface area contributed by atoms with Gasteiger partial charge >= 0.3 is 5.97 Å². The standard InChI is InChI=1S/C8H8O4.Cu/c1-4-2-5(9)7(8(11)12)6(10)3-4;/h2-3,9-10H,1H3,(H,11,12);. The summed E-state index contributed by atoms with van der Waals surface area (Å²) < 4.78 is 0. The SMILES string of the molecule is Cc1cc(O)c(C(=O)O)c(O)c1.[Cu]. The predicted octanol–water partition coefficient (Wildman–Crippen LogP) is 1.10. The van der Waals surface area contributed by atoms with Gasteiger partial charge < -0.3 is 15.3 Å². The fraction of sp³-hybridized carbons (Fsp3) is 0.125. The number of aromatic carboxylic acids is 1. The molecular weight excluding hydrogens is 224 g/mol. The molecule has 0 amide bonds. The van der Waals surface area contributed by atoms with Crippen LogP contribution >= 0.6 is 0 Å². The molecule has 5 heteroatoms. The molecule has 0 unspecified atom stereocenters. The Balaban J connectivity index is 0.00000144. The quantitative estimate of drug-likeness (QED) is 0.633. The van der Waals surface area contributed by atoms with Gasteiger partial charge in [-0.1, -0.05) is 0 Å². The van der Waals surface area contributed by atoms with Crippen molar-refractivity contribution in [2.75, 3.05) is 0 Å². The number of phenols is 2. The maximum absolute atomic E-state index is 10.4. The molecule has 3 N–H and O–H groups in total. The third-order valence-electron chi connectivity index (χ3n) is 1.45. The summed E-state index contributed by atoms with van der Waals surface area (Å²) in [6, 6.07) is 2.56. The fourth-order valence-corrected chi connectivity index (χ4v) is 0.968. The molecular formula is C8H8CuO4. The number of rotatable bonds is 1. The second-order valence-corrected chi connectivity index (χ2v) is 2.48. The summed E-state index contributed by atoms with van der Waals surface area (Å²) in [6.07, 6.45) is 0. The molecule has 0 aliphatic heterocycles. The summed E-state index contributed by atoms with van der Waals surface area (Å²) in [5, 5.41) is 26.7. The van der Waals surface area contributed by atoms with Crippen molar-refractivity contribution in [3.63, 3.8) is 0 Å². The number of benzene rings is 1. The van der Waals surface area contributed by atoms with Crippen LogP contribution in [0.15, 0.2) is 12.1 Å². The molecule has 75 valence electrons. The van der Waals surface area contributed by atoms with E-state index in [0.29, 0.717) is 5.56 Å². The van der Waals surface area contributed by atoms with Crippen molar-refractivity contribution in [3.05, 3.63) is 23.3 Å². The summed E-state index contributed by atoms with van der Waals surface area (Å²) in [6.45, 7) is 1.64. The van der Waals surface area contributed by atoms with Gasteiger partial charge in [-0.05, 0) is 24.6 Å². The molecule has 0 aliphatic carbocycles. The average Bonchev–Trinajstić information content (AvgIpc) is 1.82. The van der Waals surface area contributed by atoms with Gasteiger partial charge in [-0.15, -0.1) is 0 Å². The van der Waals surface area contributed by atoms with Crippen molar-refractivity contribution in [1.29, 1.82) is 0 Å². The number of carbonyl (C=O) groups is 1. The smallest absolute Gasteiger partial charge is 0.343 e. The van der Waals surface area contributed by atoms with Crippen LogP contribution in [0.5, 0.6) is 11.5 Å². The zero-order valence-corrected chi connectivity index (χ0v) is 7.65. The van der Waals surface area contributed by atoms with Gasteiger partial charge in [0.25, 0.3) is 0 Å². The molecule has 1 aromatic carbocycles. The van der Waals surface area contributed by atoms with Crippen molar-refractivity contribution >= 4 is 5.97 Å². The number of hydrogen-bond acceptors (Lipinski definition) is 3. The van der Waals surface area contributed by atoms with E-state index in [0.717, 1.165) is 0 Å². The Hall–Kier alpha value is -1.19. The molecule has 1 aromatic rings. The van der Waals surface area contributed by atoms with Crippen molar-refractivity contribution in [2.24, 2.45) is 0 Å². The zero-order valence-electron chi connectivity index (χ0n) is 6.71. The van der Waals surface area contributed by atoms with E-state index in [1.165, 1.54) is 12.1 Å². The van der Waals surface area contributed by atoms with Gasteiger partial charge in [-0.2, -0.15) is 0 Å². The number of carboxylic acid groups (broad SMARTS) is 1. The molecule has 1 radical (unpaired) electrons. The van der Waals surface area contributed by atoms with Gasteiger partial charge in [0.2, 0.25) is 0 Å².